The van der Waals surface area contributed by atoms with Crippen molar-refractivity contribution >= 4 is 50.7 Å². The van der Waals surface area contributed by atoms with Crippen molar-refractivity contribution in [1.82, 2.24) is 30.1 Å². The Morgan fingerprint density at radius 3 is 2.68 bits per heavy atom. The number of Topliss-reactive ketones (excluding diaryl/α,β-unsaturated/α-hetero) is 1. The van der Waals surface area contributed by atoms with Gasteiger partial charge in [-0.2, -0.15) is 5.10 Å². The summed E-state index contributed by atoms with van der Waals surface area (Å²) in [6.45, 7) is 1.58. The van der Waals surface area contributed by atoms with Gasteiger partial charge in [-0.1, -0.05) is 19.3 Å². The van der Waals surface area contributed by atoms with Crippen molar-refractivity contribution in [1.29, 1.82) is 0 Å². The van der Waals surface area contributed by atoms with E-state index >= 15 is 0 Å². The third-order valence-electron chi connectivity index (χ3n) is 7.73. The lowest BCUT2D eigenvalue weighted by atomic mass is 9.88. The first-order chi connectivity index (χ1) is 20.0. The van der Waals surface area contributed by atoms with Crippen LogP contribution in [0.4, 0.5) is 5.69 Å². The number of nitrogens with one attached hydrogen (secondary N) is 3. The van der Waals surface area contributed by atoms with E-state index in [1.54, 1.807) is 31.7 Å². The maximum absolute atomic E-state index is 12.8. The van der Waals surface area contributed by atoms with Gasteiger partial charge in [-0.25, -0.2) is 4.98 Å². The highest BCUT2D eigenvalue weighted by atomic mass is 32.1. The molecule has 7 rings (SSSR count). The molecule has 1 aliphatic carbocycles. The van der Waals surface area contributed by atoms with Crippen molar-refractivity contribution in [2.45, 2.75) is 39.0 Å². The molecule has 6 aromatic heterocycles. The molecule has 6 aromatic rings. The third kappa shape index (κ3) is 4.80. The van der Waals surface area contributed by atoms with Crippen LogP contribution in [-0.4, -0.2) is 41.8 Å². The van der Waals surface area contributed by atoms with E-state index in [2.05, 4.69) is 35.5 Å². The highest BCUT2D eigenvalue weighted by molar-refractivity contribution is 7.17. The van der Waals surface area contributed by atoms with E-state index in [1.807, 2.05) is 36.4 Å². The Morgan fingerprint density at radius 2 is 1.85 bits per heavy atom. The maximum Gasteiger partial charge on any atom is 0.227 e. The van der Waals surface area contributed by atoms with Gasteiger partial charge < -0.3 is 10.3 Å². The van der Waals surface area contributed by atoms with Gasteiger partial charge in [-0.3, -0.25) is 24.7 Å². The molecular weight excluding hydrogens is 534 g/mol. The molecule has 0 radical (unpaired) electrons. The fourth-order valence-corrected chi connectivity index (χ4v) is 6.52. The fraction of sp³-hybridized carbons (Fsp3) is 0.226. The van der Waals surface area contributed by atoms with E-state index in [0.29, 0.717) is 5.69 Å². The number of carbonyl (C=O) groups excluding carboxylic acids is 2. The number of amides is 1. The van der Waals surface area contributed by atoms with Crippen molar-refractivity contribution in [2.24, 2.45) is 5.92 Å². The number of hydrogen-bond acceptors (Lipinski definition) is 7. The van der Waals surface area contributed by atoms with E-state index in [0.717, 1.165) is 85.6 Å². The smallest absolute Gasteiger partial charge is 0.227 e. The molecule has 0 aliphatic heterocycles. The van der Waals surface area contributed by atoms with Crippen LogP contribution in [0.1, 0.15) is 48.7 Å². The number of carbonyl (C=O) groups is 2. The summed E-state index contributed by atoms with van der Waals surface area (Å²) in [7, 11) is 0. The summed E-state index contributed by atoms with van der Waals surface area (Å²) >= 11 is 1.48. The summed E-state index contributed by atoms with van der Waals surface area (Å²) in [5.41, 5.74) is 6.32. The van der Waals surface area contributed by atoms with Gasteiger partial charge in [0.1, 0.15) is 11.3 Å². The molecule has 1 aliphatic rings. The largest absolute Gasteiger partial charge is 0.338 e. The maximum atomic E-state index is 12.8. The summed E-state index contributed by atoms with van der Waals surface area (Å²) in [5, 5.41) is 12.6. The molecule has 0 saturated heterocycles. The molecular formula is C31H27N7O2S. The molecule has 204 valence electrons. The van der Waals surface area contributed by atoms with E-state index in [9.17, 15) is 9.59 Å². The molecule has 1 amide bonds. The second kappa shape index (κ2) is 10.4. The Kier molecular flexibility index (Phi) is 6.39. The van der Waals surface area contributed by atoms with Gasteiger partial charge in [0.2, 0.25) is 5.91 Å². The zero-order valence-electron chi connectivity index (χ0n) is 22.4. The number of nitrogens with zero attached hydrogens (tertiary/aromatic N) is 4. The predicted molar refractivity (Wildman–Crippen MR) is 161 cm³/mol. The second-order valence-corrected chi connectivity index (χ2v) is 11.6. The molecule has 6 heterocycles. The van der Waals surface area contributed by atoms with E-state index in [4.69, 9.17) is 0 Å². The zero-order valence-corrected chi connectivity index (χ0v) is 23.2. The van der Waals surface area contributed by atoms with Crippen LogP contribution in [0.5, 0.6) is 0 Å². The first-order valence-corrected chi connectivity index (χ1v) is 14.5. The Labute approximate surface area is 239 Å². The van der Waals surface area contributed by atoms with Crippen molar-refractivity contribution in [3.8, 4) is 33.1 Å². The zero-order chi connectivity index (χ0) is 27.9. The lowest BCUT2D eigenvalue weighted by molar-refractivity contribution is -0.120. The topological polar surface area (TPSA) is 129 Å². The van der Waals surface area contributed by atoms with Crippen molar-refractivity contribution < 1.29 is 9.59 Å². The van der Waals surface area contributed by atoms with Crippen LogP contribution in [0, 0.1) is 5.92 Å². The number of rotatable bonds is 6. The monoisotopic (exact) mass is 561 g/mol. The van der Waals surface area contributed by atoms with Crippen LogP contribution in [0.25, 0.3) is 55.0 Å². The molecule has 3 N–H and O–H groups in total. The number of aromatic amines is 2. The van der Waals surface area contributed by atoms with Crippen LogP contribution >= 0.6 is 11.3 Å². The fourth-order valence-electron chi connectivity index (χ4n) is 5.58. The number of ketones is 1. The molecule has 0 bridgehead atoms. The number of fused-ring (bicyclic) bond motifs is 2. The number of hydrogen-bond donors (Lipinski definition) is 3. The second-order valence-electron chi connectivity index (χ2n) is 10.5. The third-order valence-corrected chi connectivity index (χ3v) is 8.95. The van der Waals surface area contributed by atoms with Gasteiger partial charge in [0.05, 0.1) is 39.9 Å². The number of thiophene rings is 1. The minimum atomic E-state index is 0.0565. The lowest BCUT2D eigenvalue weighted by Crippen LogP contribution is -2.24. The number of aromatic nitrogens is 6. The molecule has 0 unspecified atom stereocenters. The predicted octanol–water partition coefficient (Wildman–Crippen LogP) is 7.01. The van der Waals surface area contributed by atoms with Crippen molar-refractivity contribution in [3.05, 3.63) is 66.1 Å². The van der Waals surface area contributed by atoms with Crippen LogP contribution in [0.15, 0.2) is 61.2 Å². The molecule has 1 fully saturated rings. The van der Waals surface area contributed by atoms with Crippen LogP contribution in [0.3, 0.4) is 0 Å². The molecule has 10 heteroatoms. The SMILES string of the molecule is CC(=O)c1ccc(-c2ccnc3[nH]c(-c4n[nH]c5cnc(-c6cncc(NC(=O)C7CCCCC7)c6)cc45)cc23)s1. The lowest BCUT2D eigenvalue weighted by Gasteiger charge is -2.20. The number of H-pyrrole nitrogens is 2. The van der Waals surface area contributed by atoms with Gasteiger partial charge in [0, 0.05) is 45.1 Å². The van der Waals surface area contributed by atoms with Gasteiger partial charge in [-0.05, 0) is 56.2 Å². The summed E-state index contributed by atoms with van der Waals surface area (Å²) in [6.07, 6.45) is 12.3. The number of pyridine rings is 3. The van der Waals surface area contributed by atoms with Gasteiger partial charge in [0.25, 0.3) is 0 Å². The Hall–Kier alpha value is -4.70. The molecule has 0 atom stereocenters. The quantitative estimate of drug-likeness (QED) is 0.188. The average Bonchev–Trinajstić information content (AvgIpc) is 3.75. The average molecular weight is 562 g/mol. The molecule has 41 heavy (non-hydrogen) atoms. The Balaban J connectivity index is 1.22. The Bertz CT molecular complexity index is 1930. The standard InChI is InChI=1S/C31H27N7O2S/c1-17(39)27-7-8-28(41-27)21-9-10-33-30-22(21)12-25(36-30)29-23-13-24(34-16-26(23)37-38-29)19-11-20(15-32-14-19)35-31(40)18-5-3-2-4-6-18/h7-16,18H,2-6H2,1H3,(H,33,36)(H,35,40)(H,37,38). The first kappa shape index (κ1) is 25.3. The molecule has 0 aromatic carbocycles. The van der Waals surface area contributed by atoms with Crippen molar-refractivity contribution in [3.63, 3.8) is 0 Å². The molecule has 0 spiro atoms. The molecule has 9 nitrogen and oxygen atoms in total. The van der Waals surface area contributed by atoms with Gasteiger partial charge >= 0.3 is 0 Å². The van der Waals surface area contributed by atoms with Gasteiger partial charge in [-0.15, -0.1) is 11.3 Å². The summed E-state index contributed by atoms with van der Waals surface area (Å²) in [5.74, 6) is 0.190. The summed E-state index contributed by atoms with van der Waals surface area (Å²) in [6, 6.07) is 11.7. The van der Waals surface area contributed by atoms with Crippen LogP contribution in [0.2, 0.25) is 0 Å². The van der Waals surface area contributed by atoms with Crippen LogP contribution < -0.4 is 5.32 Å². The van der Waals surface area contributed by atoms with E-state index in [1.165, 1.54) is 17.8 Å². The highest BCUT2D eigenvalue weighted by Gasteiger charge is 2.21. The number of anilines is 1. The van der Waals surface area contributed by atoms with E-state index in [-0.39, 0.29) is 17.6 Å². The van der Waals surface area contributed by atoms with E-state index < -0.39 is 0 Å². The summed E-state index contributed by atoms with van der Waals surface area (Å²) in [4.78, 5) is 43.3. The minimum absolute atomic E-state index is 0.0565. The van der Waals surface area contributed by atoms with Gasteiger partial charge in [0.15, 0.2) is 5.78 Å². The first-order valence-electron chi connectivity index (χ1n) is 13.7. The minimum Gasteiger partial charge on any atom is -0.338 e. The normalized spacial score (nSPS) is 14.1. The molecule has 1 saturated carbocycles. The Morgan fingerprint density at radius 1 is 0.976 bits per heavy atom. The van der Waals surface area contributed by atoms with Crippen LogP contribution in [-0.2, 0) is 4.79 Å². The summed E-state index contributed by atoms with van der Waals surface area (Å²) < 4.78 is 0. The van der Waals surface area contributed by atoms with Crippen molar-refractivity contribution in [2.75, 3.05) is 5.32 Å². The highest BCUT2D eigenvalue weighted by Crippen LogP contribution is 2.37.